The number of halogens is 2. The van der Waals surface area contributed by atoms with E-state index in [-0.39, 0.29) is 28.4 Å². The summed E-state index contributed by atoms with van der Waals surface area (Å²) in [4.78, 5) is 35.3. The standard InChI is InChI=1S/C19H16ClFN2O5/c1-22(11-14-15(20)6-4-7-16(14)21)18(24)12-28-19(25)10-9-13-5-2-3-8-17(13)23(26)27/h2-10H,11-12H2,1H3/b10-9+. The Labute approximate surface area is 165 Å². The molecule has 2 rings (SSSR count). The molecule has 0 heterocycles. The summed E-state index contributed by atoms with van der Waals surface area (Å²) in [6.45, 7) is -0.656. The third kappa shape index (κ3) is 5.62. The summed E-state index contributed by atoms with van der Waals surface area (Å²) in [5.41, 5.74) is 0.217. The summed E-state index contributed by atoms with van der Waals surface area (Å²) in [5, 5.41) is 11.1. The number of rotatable bonds is 7. The van der Waals surface area contributed by atoms with Gasteiger partial charge >= 0.3 is 5.97 Å². The predicted molar refractivity (Wildman–Crippen MR) is 101 cm³/mol. The zero-order valence-electron chi connectivity index (χ0n) is 14.8. The van der Waals surface area contributed by atoms with Crippen LogP contribution >= 0.6 is 11.6 Å². The molecule has 0 aliphatic heterocycles. The minimum absolute atomic E-state index is 0.0893. The number of nitrogens with zero attached hydrogens (tertiary/aromatic N) is 2. The molecule has 0 bridgehead atoms. The Balaban J connectivity index is 1.92. The minimum atomic E-state index is -0.844. The van der Waals surface area contributed by atoms with Crippen LogP contribution in [-0.2, 0) is 20.9 Å². The highest BCUT2D eigenvalue weighted by Crippen LogP contribution is 2.20. The van der Waals surface area contributed by atoms with E-state index in [1.165, 1.54) is 54.4 Å². The summed E-state index contributed by atoms with van der Waals surface area (Å²) >= 11 is 5.92. The van der Waals surface area contributed by atoms with Crippen molar-refractivity contribution in [1.29, 1.82) is 0 Å². The molecule has 9 heteroatoms. The van der Waals surface area contributed by atoms with Crippen LogP contribution in [0, 0.1) is 15.9 Å². The lowest BCUT2D eigenvalue weighted by molar-refractivity contribution is -0.385. The average molecular weight is 407 g/mol. The van der Waals surface area contributed by atoms with Crippen LogP contribution in [0.3, 0.4) is 0 Å². The Bertz CT molecular complexity index is 912. The van der Waals surface area contributed by atoms with Crippen LogP contribution in [0.2, 0.25) is 5.02 Å². The Morgan fingerprint density at radius 1 is 1.25 bits per heavy atom. The minimum Gasteiger partial charge on any atom is -0.452 e. The molecule has 0 saturated heterocycles. The van der Waals surface area contributed by atoms with Gasteiger partial charge in [0, 0.05) is 36.3 Å². The summed E-state index contributed by atoms with van der Waals surface area (Å²) in [6, 6.07) is 10.1. The van der Waals surface area contributed by atoms with Crippen molar-refractivity contribution in [2.45, 2.75) is 6.54 Å². The van der Waals surface area contributed by atoms with Gasteiger partial charge in [0.2, 0.25) is 0 Å². The van der Waals surface area contributed by atoms with Gasteiger partial charge in [-0.25, -0.2) is 9.18 Å². The molecule has 1 amide bonds. The molecular formula is C19H16ClFN2O5. The fourth-order valence-electron chi connectivity index (χ4n) is 2.25. The fraction of sp³-hybridized carbons (Fsp3) is 0.158. The molecule has 0 aromatic heterocycles. The average Bonchev–Trinajstić information content (AvgIpc) is 2.67. The van der Waals surface area contributed by atoms with Gasteiger partial charge in [0.05, 0.1) is 10.5 Å². The van der Waals surface area contributed by atoms with Crippen LogP contribution in [0.25, 0.3) is 6.08 Å². The van der Waals surface area contributed by atoms with Gasteiger partial charge in [-0.15, -0.1) is 0 Å². The van der Waals surface area contributed by atoms with Crippen LogP contribution in [0.5, 0.6) is 0 Å². The molecule has 2 aromatic rings. The number of hydrogen-bond acceptors (Lipinski definition) is 5. The highest BCUT2D eigenvalue weighted by Gasteiger charge is 2.16. The molecule has 0 saturated carbocycles. The lowest BCUT2D eigenvalue weighted by Crippen LogP contribution is -2.31. The van der Waals surface area contributed by atoms with Crippen molar-refractivity contribution in [3.05, 3.63) is 80.6 Å². The molecule has 0 unspecified atom stereocenters. The van der Waals surface area contributed by atoms with E-state index in [0.29, 0.717) is 0 Å². The fourth-order valence-corrected chi connectivity index (χ4v) is 2.48. The van der Waals surface area contributed by atoms with E-state index < -0.39 is 29.2 Å². The van der Waals surface area contributed by atoms with Crippen LogP contribution in [0.15, 0.2) is 48.5 Å². The van der Waals surface area contributed by atoms with Crippen molar-refractivity contribution < 1.29 is 23.6 Å². The molecular weight excluding hydrogens is 391 g/mol. The van der Waals surface area contributed by atoms with E-state index in [4.69, 9.17) is 16.3 Å². The van der Waals surface area contributed by atoms with Gasteiger partial charge in [0.1, 0.15) is 5.82 Å². The monoisotopic (exact) mass is 406 g/mol. The van der Waals surface area contributed by atoms with E-state index in [9.17, 15) is 24.1 Å². The van der Waals surface area contributed by atoms with Gasteiger partial charge in [0.25, 0.3) is 11.6 Å². The lowest BCUT2D eigenvalue weighted by Gasteiger charge is -2.18. The van der Waals surface area contributed by atoms with Gasteiger partial charge in [0.15, 0.2) is 6.61 Å². The van der Waals surface area contributed by atoms with Crippen LogP contribution in [-0.4, -0.2) is 35.4 Å². The summed E-state index contributed by atoms with van der Waals surface area (Å²) in [5.74, 6) is -1.95. The van der Waals surface area contributed by atoms with E-state index >= 15 is 0 Å². The van der Waals surface area contributed by atoms with E-state index in [1.807, 2.05) is 0 Å². The second-order valence-electron chi connectivity index (χ2n) is 5.71. The first-order valence-electron chi connectivity index (χ1n) is 8.04. The first-order chi connectivity index (χ1) is 13.3. The number of para-hydroxylation sites is 1. The number of nitro groups is 1. The molecule has 0 radical (unpaired) electrons. The maximum atomic E-state index is 13.8. The maximum Gasteiger partial charge on any atom is 0.331 e. The predicted octanol–water partition coefficient (Wildman–Crippen LogP) is 3.60. The van der Waals surface area contributed by atoms with Crippen molar-refractivity contribution in [3.8, 4) is 0 Å². The zero-order chi connectivity index (χ0) is 20.7. The Hall–Kier alpha value is -3.26. The Morgan fingerprint density at radius 3 is 2.64 bits per heavy atom. The molecule has 0 N–H and O–H groups in total. The van der Waals surface area contributed by atoms with Gasteiger partial charge in [-0.1, -0.05) is 29.8 Å². The SMILES string of the molecule is CN(Cc1c(F)cccc1Cl)C(=O)COC(=O)/C=C/c1ccccc1[N+](=O)[O-]. The van der Waals surface area contributed by atoms with E-state index in [0.717, 1.165) is 6.08 Å². The second-order valence-corrected chi connectivity index (χ2v) is 6.11. The van der Waals surface area contributed by atoms with Crippen LogP contribution in [0.4, 0.5) is 10.1 Å². The van der Waals surface area contributed by atoms with Crippen molar-refractivity contribution in [1.82, 2.24) is 4.90 Å². The number of carbonyl (C=O) groups excluding carboxylic acids is 2. The van der Waals surface area contributed by atoms with Gasteiger partial charge in [-0.05, 0) is 24.3 Å². The summed E-state index contributed by atoms with van der Waals surface area (Å²) in [6.07, 6.45) is 2.22. The number of benzene rings is 2. The summed E-state index contributed by atoms with van der Waals surface area (Å²) < 4.78 is 18.6. The molecule has 28 heavy (non-hydrogen) atoms. The van der Waals surface area contributed by atoms with Crippen molar-refractivity contribution in [3.63, 3.8) is 0 Å². The lowest BCUT2D eigenvalue weighted by atomic mass is 10.1. The summed E-state index contributed by atoms with van der Waals surface area (Å²) in [7, 11) is 1.42. The largest absolute Gasteiger partial charge is 0.452 e. The quantitative estimate of drug-likeness (QED) is 0.303. The molecule has 0 atom stereocenters. The first-order valence-corrected chi connectivity index (χ1v) is 8.42. The molecule has 7 nitrogen and oxygen atoms in total. The van der Waals surface area contributed by atoms with Gasteiger partial charge in [-0.2, -0.15) is 0 Å². The molecule has 0 spiro atoms. The number of amides is 1. The number of esters is 1. The zero-order valence-corrected chi connectivity index (χ0v) is 15.6. The number of nitro benzene ring substituents is 1. The molecule has 146 valence electrons. The van der Waals surface area contributed by atoms with Crippen LogP contribution < -0.4 is 0 Å². The van der Waals surface area contributed by atoms with Gasteiger partial charge in [-0.3, -0.25) is 14.9 Å². The molecule has 0 aliphatic carbocycles. The molecule has 0 fully saturated rings. The van der Waals surface area contributed by atoms with E-state index in [2.05, 4.69) is 0 Å². The maximum absolute atomic E-state index is 13.8. The number of hydrogen-bond donors (Lipinski definition) is 0. The number of ether oxygens (including phenoxy) is 1. The van der Waals surface area contributed by atoms with Gasteiger partial charge < -0.3 is 9.64 Å². The normalized spacial score (nSPS) is 10.7. The first kappa shape index (κ1) is 21.0. The van der Waals surface area contributed by atoms with Crippen molar-refractivity contribution in [2.24, 2.45) is 0 Å². The molecule has 2 aromatic carbocycles. The highest BCUT2D eigenvalue weighted by atomic mass is 35.5. The second kappa shape index (κ2) is 9.61. The van der Waals surface area contributed by atoms with E-state index in [1.54, 1.807) is 6.07 Å². The number of likely N-dealkylation sites (N-methyl/N-ethyl adjacent to an activating group) is 1. The highest BCUT2D eigenvalue weighted by molar-refractivity contribution is 6.31. The third-order valence-corrected chi connectivity index (χ3v) is 4.11. The Kier molecular flexibility index (Phi) is 7.22. The van der Waals surface area contributed by atoms with Crippen molar-refractivity contribution >= 4 is 35.2 Å². The number of carbonyl (C=O) groups is 2. The Morgan fingerprint density at radius 2 is 1.96 bits per heavy atom. The smallest absolute Gasteiger partial charge is 0.331 e. The third-order valence-electron chi connectivity index (χ3n) is 3.75. The van der Waals surface area contributed by atoms with Crippen molar-refractivity contribution in [2.75, 3.05) is 13.7 Å². The van der Waals surface area contributed by atoms with Crippen LogP contribution in [0.1, 0.15) is 11.1 Å². The molecule has 0 aliphatic rings. The topological polar surface area (TPSA) is 89.8 Å².